The third kappa shape index (κ3) is 5.59. The van der Waals surface area contributed by atoms with Crippen LogP contribution in [0.4, 0.5) is 5.13 Å². The molecule has 3 rings (SSSR count). The van der Waals surface area contributed by atoms with E-state index in [1.165, 1.54) is 11.3 Å². The highest BCUT2D eigenvalue weighted by Gasteiger charge is 2.09. The number of carbonyl (C=O) groups is 1. The van der Waals surface area contributed by atoms with Gasteiger partial charge in [0.25, 0.3) is 0 Å². The van der Waals surface area contributed by atoms with Crippen molar-refractivity contribution in [2.45, 2.75) is 32.1 Å². The largest absolute Gasteiger partial charge is 0.384 e. The second-order valence-corrected chi connectivity index (χ2v) is 7.04. The quantitative estimate of drug-likeness (QED) is 0.531. The molecule has 1 aliphatic heterocycles. The van der Waals surface area contributed by atoms with E-state index in [0.29, 0.717) is 17.4 Å². The van der Waals surface area contributed by atoms with Crippen molar-refractivity contribution in [1.29, 1.82) is 0 Å². The number of hydrogen-bond donors (Lipinski definition) is 4. The highest BCUT2D eigenvalue weighted by Crippen LogP contribution is 2.18. The molecular formula is C18H22N6OS. The molecule has 5 N–H and O–H groups in total. The fraction of sp³-hybridized carbons (Fsp3) is 0.278. The molecule has 0 radical (unpaired) electrons. The fourth-order valence-electron chi connectivity index (χ4n) is 2.51. The number of nitrogens with one attached hydrogen (secondary N) is 3. The van der Waals surface area contributed by atoms with Gasteiger partial charge in [0.1, 0.15) is 10.8 Å². The van der Waals surface area contributed by atoms with Crippen LogP contribution >= 0.6 is 11.3 Å². The summed E-state index contributed by atoms with van der Waals surface area (Å²) in [7, 11) is 0. The summed E-state index contributed by atoms with van der Waals surface area (Å²) in [4.78, 5) is 12.0. The number of allylic oxidation sites excluding steroid dienone is 3. The van der Waals surface area contributed by atoms with E-state index in [4.69, 9.17) is 5.73 Å². The minimum atomic E-state index is -0.0750. The number of nitrogens with two attached hydrogens (primary N) is 1. The lowest BCUT2D eigenvalue weighted by atomic mass is 10.1. The molecule has 2 aromatic rings. The van der Waals surface area contributed by atoms with Crippen LogP contribution in [0.1, 0.15) is 29.8 Å². The lowest BCUT2D eigenvalue weighted by Crippen LogP contribution is -2.36. The van der Waals surface area contributed by atoms with E-state index in [1.807, 2.05) is 42.5 Å². The van der Waals surface area contributed by atoms with Crippen LogP contribution in [0, 0.1) is 0 Å². The summed E-state index contributed by atoms with van der Waals surface area (Å²) in [6.45, 7) is 0. The lowest BCUT2D eigenvalue weighted by Gasteiger charge is -2.16. The zero-order valence-corrected chi connectivity index (χ0v) is 15.2. The van der Waals surface area contributed by atoms with Crippen molar-refractivity contribution in [2.75, 3.05) is 5.32 Å². The maximum atomic E-state index is 12.0. The van der Waals surface area contributed by atoms with Gasteiger partial charge in [0.2, 0.25) is 11.0 Å². The minimum absolute atomic E-state index is 0.0750. The Kier molecular flexibility index (Phi) is 6.21. The monoisotopic (exact) mass is 370 g/mol. The van der Waals surface area contributed by atoms with E-state index in [0.717, 1.165) is 42.0 Å². The summed E-state index contributed by atoms with van der Waals surface area (Å²) in [5, 5.41) is 12.5. The molecular weight excluding hydrogens is 348 g/mol. The maximum Gasteiger partial charge on any atom is 0.230 e. The van der Waals surface area contributed by atoms with Crippen molar-refractivity contribution in [2.24, 2.45) is 5.73 Å². The molecule has 1 aromatic carbocycles. The van der Waals surface area contributed by atoms with Crippen molar-refractivity contribution in [1.82, 2.24) is 21.0 Å². The van der Waals surface area contributed by atoms with E-state index in [1.54, 1.807) is 0 Å². The Labute approximate surface area is 156 Å². The van der Waals surface area contributed by atoms with Gasteiger partial charge < -0.3 is 16.5 Å². The van der Waals surface area contributed by atoms with Gasteiger partial charge in [0.15, 0.2) is 0 Å². The summed E-state index contributed by atoms with van der Waals surface area (Å²) in [5.74, 6) is 0.540. The van der Waals surface area contributed by atoms with Crippen LogP contribution in [0.15, 0.2) is 54.0 Å². The summed E-state index contributed by atoms with van der Waals surface area (Å²) >= 11 is 1.44. The molecule has 0 saturated heterocycles. The van der Waals surface area contributed by atoms with Gasteiger partial charge in [-0.15, -0.1) is 10.2 Å². The third-order valence-electron chi connectivity index (χ3n) is 3.84. The van der Waals surface area contributed by atoms with Crippen molar-refractivity contribution in [3.8, 4) is 0 Å². The van der Waals surface area contributed by atoms with Crippen molar-refractivity contribution >= 4 is 22.4 Å². The average Bonchev–Trinajstić information content (AvgIpc) is 3.08. The second kappa shape index (κ2) is 9.00. The first-order chi connectivity index (χ1) is 12.7. The number of unbranched alkanes of at least 4 members (excludes halogenated alkanes) is 1. The molecule has 0 atom stereocenters. The zero-order chi connectivity index (χ0) is 18.2. The van der Waals surface area contributed by atoms with Gasteiger partial charge in [-0.3, -0.25) is 10.2 Å². The van der Waals surface area contributed by atoms with Crippen LogP contribution in [0.5, 0.6) is 0 Å². The van der Waals surface area contributed by atoms with Crippen molar-refractivity contribution in [3.05, 3.63) is 64.6 Å². The predicted octanol–water partition coefficient (Wildman–Crippen LogP) is 2.22. The Morgan fingerprint density at radius 1 is 1.08 bits per heavy atom. The first-order valence-corrected chi connectivity index (χ1v) is 9.35. The van der Waals surface area contributed by atoms with E-state index >= 15 is 0 Å². The molecule has 8 heteroatoms. The summed E-state index contributed by atoms with van der Waals surface area (Å²) in [6, 6.07) is 9.64. The number of benzene rings is 1. The second-order valence-electron chi connectivity index (χ2n) is 5.98. The van der Waals surface area contributed by atoms with Gasteiger partial charge in [0.05, 0.1) is 6.42 Å². The van der Waals surface area contributed by atoms with E-state index in [-0.39, 0.29) is 5.91 Å². The molecule has 0 spiro atoms. The number of amides is 1. The minimum Gasteiger partial charge on any atom is -0.384 e. The zero-order valence-electron chi connectivity index (χ0n) is 14.4. The van der Waals surface area contributed by atoms with Crippen LogP contribution < -0.4 is 21.9 Å². The van der Waals surface area contributed by atoms with E-state index < -0.39 is 0 Å². The molecule has 7 nitrogen and oxygen atoms in total. The van der Waals surface area contributed by atoms with Crippen LogP contribution in [-0.2, 0) is 17.6 Å². The molecule has 0 fully saturated rings. The summed E-state index contributed by atoms with van der Waals surface area (Å²) in [6.07, 6.45) is 8.00. The normalized spacial score (nSPS) is 13.2. The van der Waals surface area contributed by atoms with Gasteiger partial charge in [-0.05, 0) is 37.0 Å². The fourth-order valence-corrected chi connectivity index (χ4v) is 3.31. The predicted molar refractivity (Wildman–Crippen MR) is 103 cm³/mol. The van der Waals surface area contributed by atoms with Gasteiger partial charge in [0, 0.05) is 12.1 Å². The van der Waals surface area contributed by atoms with Gasteiger partial charge >= 0.3 is 0 Å². The molecule has 0 unspecified atom stereocenters. The number of nitrogens with zero attached hydrogens (tertiary/aromatic N) is 2. The number of carbonyl (C=O) groups excluding carboxylic acids is 1. The van der Waals surface area contributed by atoms with Crippen LogP contribution in [0.25, 0.3) is 0 Å². The topological polar surface area (TPSA) is 105 Å². The van der Waals surface area contributed by atoms with Crippen LogP contribution in [0.3, 0.4) is 0 Å². The number of hydrazine groups is 1. The van der Waals surface area contributed by atoms with E-state index in [2.05, 4.69) is 26.4 Å². The molecule has 2 heterocycles. The van der Waals surface area contributed by atoms with E-state index in [9.17, 15) is 4.79 Å². The molecule has 0 bridgehead atoms. The molecule has 26 heavy (non-hydrogen) atoms. The molecule has 1 aliphatic rings. The number of hydrogen-bond acceptors (Lipinski definition) is 7. The Bertz CT molecular complexity index is 799. The maximum absolute atomic E-state index is 12.0. The Morgan fingerprint density at radius 3 is 2.65 bits per heavy atom. The lowest BCUT2D eigenvalue weighted by molar-refractivity contribution is -0.115. The number of aryl methyl sites for hydroxylation is 1. The molecule has 0 aliphatic carbocycles. The van der Waals surface area contributed by atoms with Gasteiger partial charge in [-0.2, -0.15) is 0 Å². The number of rotatable bonds is 8. The summed E-state index contributed by atoms with van der Waals surface area (Å²) < 4.78 is 0. The van der Waals surface area contributed by atoms with Gasteiger partial charge in [-0.1, -0.05) is 41.7 Å². The SMILES string of the molecule is NC1=CC=C(CCCCc2nnc(NC(=O)Cc3ccccc3)s2)NN1. The van der Waals surface area contributed by atoms with Crippen molar-refractivity contribution < 1.29 is 4.79 Å². The van der Waals surface area contributed by atoms with Crippen molar-refractivity contribution in [3.63, 3.8) is 0 Å². The molecule has 1 amide bonds. The highest BCUT2D eigenvalue weighted by molar-refractivity contribution is 7.15. The molecule has 136 valence electrons. The number of anilines is 1. The first-order valence-electron chi connectivity index (χ1n) is 8.53. The van der Waals surface area contributed by atoms with Crippen LogP contribution in [0.2, 0.25) is 0 Å². The molecule has 1 aromatic heterocycles. The summed E-state index contributed by atoms with van der Waals surface area (Å²) in [5.41, 5.74) is 13.6. The third-order valence-corrected chi connectivity index (χ3v) is 4.74. The van der Waals surface area contributed by atoms with Crippen LogP contribution in [-0.4, -0.2) is 16.1 Å². The van der Waals surface area contributed by atoms with Gasteiger partial charge in [-0.25, -0.2) is 0 Å². The Morgan fingerprint density at radius 2 is 1.88 bits per heavy atom. The first kappa shape index (κ1) is 17.9. The standard InChI is InChI=1S/C18H22N6OS/c19-15-11-10-14(21-22-15)8-4-5-9-17-23-24-18(26-17)20-16(25)12-13-6-2-1-3-7-13/h1-3,6-7,10-11,21-22H,4-5,8-9,12,19H2,(H,20,24,25). The Hall–Kier alpha value is -2.87. The average molecular weight is 370 g/mol. The molecule has 0 saturated carbocycles. The highest BCUT2D eigenvalue weighted by atomic mass is 32.1. The smallest absolute Gasteiger partial charge is 0.230 e. The Balaban J connectivity index is 1.38. The number of aromatic nitrogens is 2.